The number of amides is 1. The fourth-order valence-corrected chi connectivity index (χ4v) is 6.13. The molecule has 2 aliphatic carbocycles. The summed E-state index contributed by atoms with van der Waals surface area (Å²) in [4.78, 5) is 25.8. The van der Waals surface area contributed by atoms with Crippen LogP contribution in [0.2, 0.25) is 0 Å². The molecule has 1 heterocycles. The van der Waals surface area contributed by atoms with Crippen molar-refractivity contribution in [3.8, 4) is 0 Å². The molecule has 1 aliphatic heterocycles. The minimum absolute atomic E-state index is 0.110. The lowest BCUT2D eigenvalue weighted by Crippen LogP contribution is -2.50. The largest absolute Gasteiger partial charge is 0.461 e. The Bertz CT molecular complexity index is 806. The fourth-order valence-electron chi connectivity index (χ4n) is 3.48. The summed E-state index contributed by atoms with van der Waals surface area (Å²) in [7, 11) is -3.32. The highest BCUT2D eigenvalue weighted by Gasteiger charge is 2.65. The summed E-state index contributed by atoms with van der Waals surface area (Å²) in [5, 5.41) is 8.07. The number of nitrogens with one attached hydrogen (secondary N) is 1. The Kier molecular flexibility index (Phi) is 4.41. The SMILES string of the molecule is CCOC(=O)C(N)=C1CCN(CC2(S(=O)(=O)C3(C)CC3)CC2)C(=O)C1=N. The Morgan fingerprint density at radius 2 is 1.92 bits per heavy atom. The molecule has 0 aromatic rings. The zero-order valence-electron chi connectivity index (χ0n) is 15.1. The zero-order valence-corrected chi connectivity index (χ0v) is 15.9. The predicted molar refractivity (Wildman–Crippen MR) is 95.3 cm³/mol. The molecular weight excluding hydrogens is 358 g/mol. The number of carbonyl (C=O) groups excluding carboxylic acids is 2. The smallest absolute Gasteiger partial charge is 0.354 e. The van der Waals surface area contributed by atoms with Gasteiger partial charge in [0.05, 0.1) is 16.1 Å². The van der Waals surface area contributed by atoms with Crippen LogP contribution in [-0.4, -0.2) is 60.1 Å². The molecule has 0 atom stereocenters. The van der Waals surface area contributed by atoms with Crippen LogP contribution in [-0.2, 0) is 24.2 Å². The van der Waals surface area contributed by atoms with Crippen molar-refractivity contribution < 1.29 is 22.7 Å². The molecule has 3 rings (SSSR count). The van der Waals surface area contributed by atoms with Crippen molar-refractivity contribution in [2.75, 3.05) is 19.7 Å². The zero-order chi connectivity index (χ0) is 19.3. The number of likely N-dealkylation sites (tertiary alicyclic amines) is 1. The monoisotopic (exact) mass is 383 g/mol. The molecule has 1 saturated heterocycles. The van der Waals surface area contributed by atoms with Crippen LogP contribution in [0.5, 0.6) is 0 Å². The van der Waals surface area contributed by atoms with Crippen LogP contribution < -0.4 is 5.73 Å². The lowest BCUT2D eigenvalue weighted by atomic mass is 9.98. The van der Waals surface area contributed by atoms with E-state index < -0.39 is 31.2 Å². The number of rotatable bonds is 6. The molecule has 0 radical (unpaired) electrons. The van der Waals surface area contributed by atoms with Crippen molar-refractivity contribution in [1.82, 2.24) is 4.90 Å². The molecule has 2 saturated carbocycles. The van der Waals surface area contributed by atoms with E-state index in [0.717, 1.165) is 0 Å². The molecule has 0 unspecified atom stereocenters. The summed E-state index contributed by atoms with van der Waals surface area (Å²) in [6.45, 7) is 3.91. The maximum Gasteiger partial charge on any atom is 0.354 e. The van der Waals surface area contributed by atoms with Gasteiger partial charge in [-0.15, -0.1) is 0 Å². The number of sulfone groups is 1. The molecule has 3 aliphatic rings. The van der Waals surface area contributed by atoms with E-state index in [-0.39, 0.29) is 43.1 Å². The number of hydrogen-bond acceptors (Lipinski definition) is 7. The van der Waals surface area contributed by atoms with Crippen molar-refractivity contribution >= 4 is 27.4 Å². The van der Waals surface area contributed by atoms with Gasteiger partial charge < -0.3 is 15.4 Å². The first-order chi connectivity index (χ1) is 12.1. The predicted octanol–water partition coefficient (Wildman–Crippen LogP) is 0.514. The molecular formula is C17H25N3O5S. The highest BCUT2D eigenvalue weighted by Crippen LogP contribution is 2.56. The molecule has 0 aromatic carbocycles. The summed E-state index contributed by atoms with van der Waals surface area (Å²) in [5.41, 5.74) is 5.35. The maximum atomic E-state index is 12.9. The van der Waals surface area contributed by atoms with Crippen molar-refractivity contribution in [2.24, 2.45) is 5.73 Å². The van der Waals surface area contributed by atoms with E-state index in [1.54, 1.807) is 13.8 Å². The van der Waals surface area contributed by atoms with Crippen LogP contribution >= 0.6 is 0 Å². The van der Waals surface area contributed by atoms with Crippen LogP contribution in [0.15, 0.2) is 11.3 Å². The van der Waals surface area contributed by atoms with Crippen LogP contribution in [0, 0.1) is 5.41 Å². The van der Waals surface area contributed by atoms with Gasteiger partial charge in [0.15, 0.2) is 9.84 Å². The van der Waals surface area contributed by atoms with Crippen LogP contribution in [0.1, 0.15) is 46.0 Å². The standard InChI is InChI=1S/C17H25N3O5S/c1-3-25-15(22)13(19)11-4-9-20(14(21)12(11)18)10-17(7-8-17)26(23,24)16(2)5-6-16/h18H,3-10,19H2,1-2H3. The van der Waals surface area contributed by atoms with Crippen LogP contribution in [0.25, 0.3) is 0 Å². The molecule has 3 fully saturated rings. The maximum absolute atomic E-state index is 12.9. The molecule has 1 amide bonds. The highest BCUT2D eigenvalue weighted by atomic mass is 32.2. The van der Waals surface area contributed by atoms with Gasteiger partial charge in [0.25, 0.3) is 5.91 Å². The highest BCUT2D eigenvalue weighted by molar-refractivity contribution is 7.94. The summed E-state index contributed by atoms with van der Waals surface area (Å²) < 4.78 is 29.1. The van der Waals surface area contributed by atoms with Crippen LogP contribution in [0.4, 0.5) is 0 Å². The minimum Gasteiger partial charge on any atom is -0.461 e. The van der Waals surface area contributed by atoms with Gasteiger partial charge in [0.1, 0.15) is 11.4 Å². The summed E-state index contributed by atoms with van der Waals surface area (Å²) in [6, 6.07) is 0. The molecule has 0 spiro atoms. The number of nitrogens with two attached hydrogens (primary N) is 1. The quantitative estimate of drug-likeness (QED) is 0.508. The Morgan fingerprint density at radius 1 is 1.31 bits per heavy atom. The van der Waals surface area contributed by atoms with E-state index in [1.807, 2.05) is 0 Å². The number of hydrogen-bond donors (Lipinski definition) is 2. The van der Waals surface area contributed by atoms with Crippen molar-refractivity contribution in [3.05, 3.63) is 11.3 Å². The molecule has 3 N–H and O–H groups in total. The van der Waals surface area contributed by atoms with Gasteiger partial charge >= 0.3 is 5.97 Å². The molecule has 144 valence electrons. The molecule has 0 bridgehead atoms. The number of esters is 1. The van der Waals surface area contributed by atoms with Gasteiger partial charge in [0, 0.05) is 18.7 Å². The summed E-state index contributed by atoms with van der Waals surface area (Å²) in [5.74, 6) is -1.32. The fraction of sp³-hybridized carbons (Fsp3) is 0.706. The Balaban J connectivity index is 1.76. The second kappa shape index (κ2) is 6.07. The molecule has 0 aromatic heterocycles. The molecule has 9 heteroatoms. The first-order valence-corrected chi connectivity index (χ1v) is 10.3. The van der Waals surface area contributed by atoms with Gasteiger partial charge in [-0.25, -0.2) is 13.2 Å². The third kappa shape index (κ3) is 2.82. The Morgan fingerprint density at radius 3 is 2.42 bits per heavy atom. The van der Waals surface area contributed by atoms with Gasteiger partial charge in [-0.3, -0.25) is 10.2 Å². The average molecular weight is 383 g/mol. The number of nitrogens with zero attached hydrogens (tertiary/aromatic N) is 1. The van der Waals surface area contributed by atoms with Gasteiger partial charge in [-0.1, -0.05) is 0 Å². The first-order valence-electron chi connectivity index (χ1n) is 8.87. The topological polar surface area (TPSA) is 131 Å². The first kappa shape index (κ1) is 18.9. The van der Waals surface area contributed by atoms with Gasteiger partial charge in [0.2, 0.25) is 0 Å². The van der Waals surface area contributed by atoms with E-state index in [1.165, 1.54) is 4.90 Å². The van der Waals surface area contributed by atoms with Crippen molar-refractivity contribution in [3.63, 3.8) is 0 Å². The number of piperidine rings is 1. The van der Waals surface area contributed by atoms with Crippen molar-refractivity contribution in [2.45, 2.75) is 55.4 Å². The summed E-state index contributed by atoms with van der Waals surface area (Å²) >= 11 is 0. The average Bonchev–Trinajstić information content (AvgIpc) is 3.50. The lowest BCUT2D eigenvalue weighted by molar-refractivity contribution is -0.138. The van der Waals surface area contributed by atoms with Crippen molar-refractivity contribution in [1.29, 1.82) is 5.41 Å². The molecule has 26 heavy (non-hydrogen) atoms. The summed E-state index contributed by atoms with van der Waals surface area (Å²) in [6.07, 6.45) is 2.68. The van der Waals surface area contributed by atoms with E-state index in [4.69, 9.17) is 15.9 Å². The third-order valence-electron chi connectivity index (χ3n) is 5.71. The Labute approximate surface area is 153 Å². The van der Waals surface area contributed by atoms with E-state index in [0.29, 0.717) is 25.7 Å². The normalized spacial score (nSPS) is 25.7. The minimum atomic E-state index is -3.32. The van der Waals surface area contributed by atoms with Gasteiger partial charge in [-0.2, -0.15) is 0 Å². The van der Waals surface area contributed by atoms with E-state index >= 15 is 0 Å². The lowest BCUT2D eigenvalue weighted by Gasteiger charge is -2.33. The van der Waals surface area contributed by atoms with Crippen LogP contribution in [0.3, 0.4) is 0 Å². The second-order valence-electron chi connectivity index (χ2n) is 7.60. The number of ether oxygens (including phenoxy) is 1. The third-order valence-corrected chi connectivity index (χ3v) is 9.10. The molecule has 8 nitrogen and oxygen atoms in total. The number of carbonyl (C=O) groups is 2. The van der Waals surface area contributed by atoms with E-state index in [9.17, 15) is 18.0 Å². The van der Waals surface area contributed by atoms with E-state index in [2.05, 4.69) is 0 Å². The second-order valence-corrected chi connectivity index (χ2v) is 10.5. The van der Waals surface area contributed by atoms with Gasteiger partial charge in [-0.05, 0) is 46.0 Å². The Hall–Kier alpha value is -1.90.